The fourth-order valence-corrected chi connectivity index (χ4v) is 2.45. The van der Waals surface area contributed by atoms with E-state index in [1.54, 1.807) is 6.39 Å². The van der Waals surface area contributed by atoms with Crippen LogP contribution in [0.2, 0.25) is 0 Å². The molecule has 2 heterocycles. The third-order valence-corrected chi connectivity index (χ3v) is 3.36. The molecule has 2 aromatic rings. The summed E-state index contributed by atoms with van der Waals surface area (Å²) in [5.74, 6) is 1.47. The molecule has 1 fully saturated rings. The van der Waals surface area contributed by atoms with E-state index in [-0.39, 0.29) is 0 Å². The number of nitrogens with one attached hydrogen (secondary N) is 1. The van der Waals surface area contributed by atoms with Gasteiger partial charge in [0.1, 0.15) is 0 Å². The molecule has 3 nitrogen and oxygen atoms in total. The van der Waals surface area contributed by atoms with E-state index in [1.807, 2.05) is 18.2 Å². The minimum absolute atomic E-state index is 0.533. The molecule has 1 aliphatic heterocycles. The number of oxazole rings is 1. The summed E-state index contributed by atoms with van der Waals surface area (Å²) in [6, 6.07) is 10.2. The first-order chi connectivity index (χ1) is 8.45. The molecule has 1 aliphatic rings. The Hall–Kier alpha value is -1.61. The summed E-state index contributed by atoms with van der Waals surface area (Å²) in [5.41, 5.74) is 2.25. The Labute approximate surface area is 101 Å². The second-order valence-electron chi connectivity index (χ2n) is 4.46. The lowest BCUT2D eigenvalue weighted by molar-refractivity contribution is 0.453. The number of benzene rings is 1. The van der Waals surface area contributed by atoms with Crippen molar-refractivity contribution in [1.29, 1.82) is 0 Å². The highest BCUT2D eigenvalue weighted by Gasteiger charge is 2.22. The molecule has 3 rings (SSSR count). The van der Waals surface area contributed by atoms with Gasteiger partial charge >= 0.3 is 0 Å². The van der Waals surface area contributed by atoms with E-state index in [4.69, 9.17) is 4.42 Å². The van der Waals surface area contributed by atoms with Crippen LogP contribution in [0.15, 0.2) is 41.1 Å². The van der Waals surface area contributed by atoms with E-state index in [0.717, 1.165) is 42.9 Å². The molecule has 0 radical (unpaired) electrons. The summed E-state index contributed by atoms with van der Waals surface area (Å²) in [4.78, 5) is 4.42. The minimum atomic E-state index is 0.533. The number of hydrogen-bond acceptors (Lipinski definition) is 3. The lowest BCUT2D eigenvalue weighted by Gasteiger charge is -2.21. The maximum absolute atomic E-state index is 5.57. The van der Waals surface area contributed by atoms with Crippen LogP contribution in [-0.4, -0.2) is 18.1 Å². The van der Waals surface area contributed by atoms with Crippen LogP contribution in [0, 0.1) is 0 Å². The zero-order valence-corrected chi connectivity index (χ0v) is 9.73. The van der Waals surface area contributed by atoms with E-state index in [0.29, 0.717) is 5.92 Å². The molecule has 88 valence electrons. The molecule has 0 saturated carbocycles. The maximum Gasteiger partial charge on any atom is 0.181 e. The van der Waals surface area contributed by atoms with Gasteiger partial charge in [0.05, 0.1) is 5.69 Å². The molecule has 0 unspecified atom stereocenters. The van der Waals surface area contributed by atoms with Gasteiger partial charge in [-0.25, -0.2) is 4.98 Å². The van der Waals surface area contributed by atoms with E-state index >= 15 is 0 Å². The van der Waals surface area contributed by atoms with Crippen molar-refractivity contribution in [1.82, 2.24) is 10.3 Å². The van der Waals surface area contributed by atoms with Gasteiger partial charge in [0.2, 0.25) is 0 Å². The Morgan fingerprint density at radius 2 is 1.88 bits per heavy atom. The van der Waals surface area contributed by atoms with Crippen molar-refractivity contribution in [2.45, 2.75) is 18.8 Å². The monoisotopic (exact) mass is 228 g/mol. The van der Waals surface area contributed by atoms with E-state index in [1.165, 1.54) is 0 Å². The molecule has 0 spiro atoms. The Morgan fingerprint density at radius 1 is 1.12 bits per heavy atom. The zero-order valence-electron chi connectivity index (χ0n) is 9.73. The fourth-order valence-electron chi connectivity index (χ4n) is 2.45. The Bertz CT molecular complexity index is 472. The third-order valence-electron chi connectivity index (χ3n) is 3.36. The number of hydrogen-bond donors (Lipinski definition) is 1. The van der Waals surface area contributed by atoms with Crippen LogP contribution in [0.3, 0.4) is 0 Å². The first-order valence-corrected chi connectivity index (χ1v) is 6.14. The predicted octanol–water partition coefficient (Wildman–Crippen LogP) is 2.81. The van der Waals surface area contributed by atoms with Crippen LogP contribution < -0.4 is 5.32 Å². The lowest BCUT2D eigenvalue weighted by atomic mass is 9.92. The molecule has 1 saturated heterocycles. The van der Waals surface area contributed by atoms with Crippen molar-refractivity contribution in [3.05, 3.63) is 42.4 Å². The van der Waals surface area contributed by atoms with Gasteiger partial charge in [-0.15, -0.1) is 0 Å². The summed E-state index contributed by atoms with van der Waals surface area (Å²) >= 11 is 0. The fraction of sp³-hybridized carbons (Fsp3) is 0.357. The van der Waals surface area contributed by atoms with Crippen LogP contribution in [0.4, 0.5) is 0 Å². The average Bonchev–Trinajstić information content (AvgIpc) is 2.90. The average molecular weight is 228 g/mol. The first-order valence-electron chi connectivity index (χ1n) is 6.14. The Kier molecular flexibility index (Phi) is 2.92. The molecule has 0 amide bonds. The highest BCUT2D eigenvalue weighted by molar-refractivity contribution is 5.60. The Morgan fingerprint density at radius 3 is 2.65 bits per heavy atom. The lowest BCUT2D eigenvalue weighted by Crippen LogP contribution is -2.27. The zero-order chi connectivity index (χ0) is 11.5. The van der Waals surface area contributed by atoms with Crippen LogP contribution in [0.1, 0.15) is 24.5 Å². The van der Waals surface area contributed by atoms with Crippen molar-refractivity contribution >= 4 is 0 Å². The van der Waals surface area contributed by atoms with Crippen LogP contribution in [0.25, 0.3) is 11.3 Å². The van der Waals surface area contributed by atoms with Gasteiger partial charge in [-0.2, -0.15) is 0 Å². The van der Waals surface area contributed by atoms with E-state index in [2.05, 4.69) is 22.4 Å². The summed E-state index contributed by atoms with van der Waals surface area (Å²) in [7, 11) is 0. The summed E-state index contributed by atoms with van der Waals surface area (Å²) < 4.78 is 5.57. The van der Waals surface area contributed by atoms with E-state index < -0.39 is 0 Å². The number of nitrogens with zero attached hydrogens (tertiary/aromatic N) is 1. The number of piperidine rings is 1. The van der Waals surface area contributed by atoms with Crippen molar-refractivity contribution in [2.24, 2.45) is 0 Å². The van der Waals surface area contributed by atoms with Gasteiger partial charge in [0.25, 0.3) is 0 Å². The standard InChI is InChI=1S/C14H16N2O/c1-2-4-12(5-3-1)14-13(16-10-17-14)11-6-8-15-9-7-11/h1-5,10-11,15H,6-9H2. The largest absolute Gasteiger partial charge is 0.443 e. The smallest absolute Gasteiger partial charge is 0.181 e. The van der Waals surface area contributed by atoms with E-state index in [9.17, 15) is 0 Å². The first kappa shape index (κ1) is 10.5. The van der Waals surface area contributed by atoms with Crippen LogP contribution in [0.5, 0.6) is 0 Å². The molecule has 1 aromatic carbocycles. The molecule has 1 N–H and O–H groups in total. The van der Waals surface area contributed by atoms with Crippen LogP contribution >= 0.6 is 0 Å². The summed E-state index contributed by atoms with van der Waals surface area (Å²) in [6.45, 7) is 2.15. The summed E-state index contributed by atoms with van der Waals surface area (Å²) in [5, 5.41) is 3.38. The van der Waals surface area contributed by atoms with Crippen molar-refractivity contribution in [2.75, 3.05) is 13.1 Å². The molecule has 0 bridgehead atoms. The van der Waals surface area contributed by atoms with Gasteiger partial charge in [-0.1, -0.05) is 30.3 Å². The molecule has 3 heteroatoms. The highest BCUT2D eigenvalue weighted by atomic mass is 16.3. The van der Waals surface area contributed by atoms with Gasteiger partial charge in [-0.05, 0) is 25.9 Å². The SMILES string of the molecule is c1ccc(-c2ocnc2C2CCNCC2)cc1. The number of rotatable bonds is 2. The highest BCUT2D eigenvalue weighted by Crippen LogP contribution is 2.32. The van der Waals surface area contributed by atoms with Crippen molar-refractivity contribution < 1.29 is 4.42 Å². The second-order valence-corrected chi connectivity index (χ2v) is 4.46. The molecular weight excluding hydrogens is 212 g/mol. The van der Waals surface area contributed by atoms with Gasteiger partial charge < -0.3 is 9.73 Å². The molecule has 0 aliphatic carbocycles. The molecule has 1 aromatic heterocycles. The van der Waals surface area contributed by atoms with Crippen molar-refractivity contribution in [3.63, 3.8) is 0 Å². The molecular formula is C14H16N2O. The minimum Gasteiger partial charge on any atom is -0.443 e. The predicted molar refractivity (Wildman–Crippen MR) is 66.8 cm³/mol. The van der Waals surface area contributed by atoms with Crippen molar-refractivity contribution in [3.8, 4) is 11.3 Å². The maximum atomic E-state index is 5.57. The van der Waals surface area contributed by atoms with Crippen LogP contribution in [-0.2, 0) is 0 Å². The second kappa shape index (κ2) is 4.72. The van der Waals surface area contributed by atoms with Gasteiger partial charge in [0.15, 0.2) is 12.2 Å². The summed E-state index contributed by atoms with van der Waals surface area (Å²) in [6.07, 6.45) is 3.86. The van der Waals surface area contributed by atoms with Gasteiger partial charge in [0, 0.05) is 11.5 Å². The molecule has 17 heavy (non-hydrogen) atoms. The number of aromatic nitrogens is 1. The topological polar surface area (TPSA) is 38.1 Å². The van der Waals surface area contributed by atoms with Gasteiger partial charge in [-0.3, -0.25) is 0 Å². The quantitative estimate of drug-likeness (QED) is 0.859. The third kappa shape index (κ3) is 2.11. The molecule has 0 atom stereocenters. The normalized spacial score (nSPS) is 17.2. The Balaban J connectivity index is 1.93.